The Labute approximate surface area is 147 Å². The molecule has 3 aromatic rings. The first-order valence-corrected chi connectivity index (χ1v) is 8.72. The van der Waals surface area contributed by atoms with Crippen molar-refractivity contribution in [3.63, 3.8) is 0 Å². The molecular formula is C22H21NO2. The van der Waals surface area contributed by atoms with Crippen molar-refractivity contribution in [1.82, 2.24) is 5.32 Å². The van der Waals surface area contributed by atoms with Gasteiger partial charge < -0.3 is 10.1 Å². The Hall–Kier alpha value is -2.81. The van der Waals surface area contributed by atoms with E-state index >= 15 is 0 Å². The number of fused-ring (bicyclic) bond motifs is 2. The summed E-state index contributed by atoms with van der Waals surface area (Å²) in [7, 11) is 1.61. The van der Waals surface area contributed by atoms with Gasteiger partial charge in [-0.1, -0.05) is 48.5 Å². The average Bonchev–Trinajstić information content (AvgIpc) is 2.67. The minimum absolute atomic E-state index is 0.0635. The molecule has 4 rings (SSSR count). The molecule has 0 spiro atoms. The Balaban J connectivity index is 1.67. The van der Waals surface area contributed by atoms with E-state index in [0.29, 0.717) is 11.3 Å². The molecule has 126 valence electrons. The molecule has 0 radical (unpaired) electrons. The second kappa shape index (κ2) is 6.60. The zero-order valence-electron chi connectivity index (χ0n) is 14.3. The smallest absolute Gasteiger partial charge is 0.255 e. The number of hydrogen-bond donors (Lipinski definition) is 1. The highest BCUT2D eigenvalue weighted by molar-refractivity contribution is 6.01. The summed E-state index contributed by atoms with van der Waals surface area (Å²) in [4.78, 5) is 13.0. The van der Waals surface area contributed by atoms with Crippen molar-refractivity contribution in [3.05, 3.63) is 77.4 Å². The van der Waals surface area contributed by atoms with E-state index in [-0.39, 0.29) is 11.9 Å². The van der Waals surface area contributed by atoms with Gasteiger partial charge in [0.2, 0.25) is 0 Å². The topological polar surface area (TPSA) is 38.3 Å². The third kappa shape index (κ3) is 2.98. The number of aryl methyl sites for hydroxylation is 1. The van der Waals surface area contributed by atoms with Gasteiger partial charge in [0, 0.05) is 0 Å². The summed E-state index contributed by atoms with van der Waals surface area (Å²) in [5, 5.41) is 5.32. The van der Waals surface area contributed by atoms with Crippen molar-refractivity contribution in [2.45, 2.75) is 25.3 Å². The molecular weight excluding hydrogens is 310 g/mol. The molecule has 3 nitrogen and oxygen atoms in total. The van der Waals surface area contributed by atoms with Crippen molar-refractivity contribution in [1.29, 1.82) is 0 Å². The molecule has 25 heavy (non-hydrogen) atoms. The van der Waals surface area contributed by atoms with Gasteiger partial charge in [0.25, 0.3) is 5.91 Å². The summed E-state index contributed by atoms with van der Waals surface area (Å²) >= 11 is 0. The quantitative estimate of drug-likeness (QED) is 0.758. The van der Waals surface area contributed by atoms with Crippen LogP contribution >= 0.6 is 0 Å². The number of benzene rings is 3. The van der Waals surface area contributed by atoms with Crippen LogP contribution in [0.5, 0.6) is 5.75 Å². The predicted molar refractivity (Wildman–Crippen MR) is 100 cm³/mol. The number of nitrogens with one attached hydrogen (secondary N) is 1. The second-order valence-electron chi connectivity index (χ2n) is 6.52. The van der Waals surface area contributed by atoms with Crippen LogP contribution < -0.4 is 10.1 Å². The van der Waals surface area contributed by atoms with Crippen molar-refractivity contribution in [2.24, 2.45) is 0 Å². The molecule has 0 saturated carbocycles. The van der Waals surface area contributed by atoms with Gasteiger partial charge >= 0.3 is 0 Å². The van der Waals surface area contributed by atoms with Gasteiger partial charge in [0.05, 0.1) is 18.7 Å². The van der Waals surface area contributed by atoms with Crippen LogP contribution in [-0.2, 0) is 6.42 Å². The Kier molecular flexibility index (Phi) is 4.14. The van der Waals surface area contributed by atoms with Crippen LogP contribution in [0.1, 0.15) is 40.4 Å². The number of rotatable bonds is 3. The number of carbonyl (C=O) groups is 1. The molecule has 1 atom stereocenters. The van der Waals surface area contributed by atoms with Gasteiger partial charge in [-0.15, -0.1) is 0 Å². The maximum Gasteiger partial charge on any atom is 0.255 e. The predicted octanol–water partition coefficient (Wildman–Crippen LogP) is 4.66. The van der Waals surface area contributed by atoms with E-state index in [1.807, 2.05) is 42.5 Å². The zero-order valence-corrected chi connectivity index (χ0v) is 14.3. The molecule has 0 saturated heterocycles. The molecule has 3 heteroatoms. The summed E-state index contributed by atoms with van der Waals surface area (Å²) in [5.74, 6) is 0.532. The number of carbonyl (C=O) groups excluding carboxylic acids is 1. The Morgan fingerprint density at radius 1 is 1.04 bits per heavy atom. The van der Waals surface area contributed by atoms with E-state index in [1.54, 1.807) is 7.11 Å². The molecule has 0 bridgehead atoms. The van der Waals surface area contributed by atoms with Crippen molar-refractivity contribution >= 4 is 16.7 Å². The van der Waals surface area contributed by atoms with Crippen molar-refractivity contribution in [3.8, 4) is 5.75 Å². The molecule has 0 aliphatic heterocycles. The maximum atomic E-state index is 13.0. The minimum Gasteiger partial charge on any atom is -0.496 e. The normalized spacial score (nSPS) is 16.3. The minimum atomic E-state index is -0.0793. The number of hydrogen-bond acceptors (Lipinski definition) is 2. The first-order valence-electron chi connectivity index (χ1n) is 8.72. The third-order valence-electron chi connectivity index (χ3n) is 4.99. The fraction of sp³-hybridized carbons (Fsp3) is 0.227. The largest absolute Gasteiger partial charge is 0.496 e. The molecule has 0 heterocycles. The van der Waals surface area contributed by atoms with Crippen molar-refractivity contribution < 1.29 is 9.53 Å². The highest BCUT2D eigenvalue weighted by Gasteiger charge is 2.23. The number of ether oxygens (including phenoxy) is 1. The number of methoxy groups -OCH3 is 1. The lowest BCUT2D eigenvalue weighted by molar-refractivity contribution is 0.0930. The van der Waals surface area contributed by atoms with Crippen LogP contribution in [0, 0.1) is 0 Å². The molecule has 1 amide bonds. The lowest BCUT2D eigenvalue weighted by atomic mass is 9.87. The van der Waals surface area contributed by atoms with Crippen molar-refractivity contribution in [2.75, 3.05) is 7.11 Å². The monoisotopic (exact) mass is 331 g/mol. The summed E-state index contributed by atoms with van der Waals surface area (Å²) in [6, 6.07) is 20.3. The standard InChI is InChI=1S/C22H21NO2/c1-25-21-14-17-9-3-2-8-16(17)13-19(21)22(24)23-20-12-6-10-15-7-4-5-11-18(15)20/h2-5,7-9,11,13-14,20H,6,10,12H2,1H3,(H,23,24)/t20-/m0/s1. The first kappa shape index (κ1) is 15.7. The van der Waals surface area contributed by atoms with E-state index in [9.17, 15) is 4.79 Å². The highest BCUT2D eigenvalue weighted by Crippen LogP contribution is 2.31. The molecule has 1 N–H and O–H groups in total. The van der Waals surface area contributed by atoms with Gasteiger partial charge in [0.15, 0.2) is 0 Å². The highest BCUT2D eigenvalue weighted by atomic mass is 16.5. The van der Waals surface area contributed by atoms with E-state index in [4.69, 9.17) is 4.74 Å². The number of amides is 1. The van der Waals surface area contributed by atoms with E-state index in [1.165, 1.54) is 11.1 Å². The van der Waals surface area contributed by atoms with Gasteiger partial charge in [0.1, 0.15) is 5.75 Å². The molecule has 1 aliphatic rings. The maximum absolute atomic E-state index is 13.0. The molecule has 0 fully saturated rings. The summed E-state index contributed by atoms with van der Waals surface area (Å²) in [5.41, 5.74) is 3.16. The van der Waals surface area contributed by atoms with E-state index < -0.39 is 0 Å². The Bertz CT molecular complexity index is 932. The SMILES string of the molecule is COc1cc2ccccc2cc1C(=O)N[C@H]1CCCc2ccccc21. The molecule has 1 aliphatic carbocycles. The van der Waals surface area contributed by atoms with Gasteiger partial charge in [-0.2, -0.15) is 0 Å². The fourth-order valence-corrected chi connectivity index (χ4v) is 3.71. The average molecular weight is 331 g/mol. The summed E-state index contributed by atoms with van der Waals surface area (Å²) in [6.07, 6.45) is 3.15. The fourth-order valence-electron chi connectivity index (χ4n) is 3.71. The van der Waals surface area contributed by atoms with Crippen LogP contribution in [0.25, 0.3) is 10.8 Å². The Morgan fingerprint density at radius 2 is 1.76 bits per heavy atom. The molecule has 0 unspecified atom stereocenters. The van der Waals surface area contributed by atoms with Crippen LogP contribution in [0.2, 0.25) is 0 Å². The zero-order chi connectivity index (χ0) is 17.2. The van der Waals surface area contributed by atoms with Crippen LogP contribution in [0.15, 0.2) is 60.7 Å². The lowest BCUT2D eigenvalue weighted by Gasteiger charge is -2.26. The van der Waals surface area contributed by atoms with Crippen LogP contribution in [0.3, 0.4) is 0 Å². The van der Waals surface area contributed by atoms with Crippen LogP contribution in [0.4, 0.5) is 0 Å². The molecule has 3 aromatic carbocycles. The molecule has 0 aromatic heterocycles. The van der Waals surface area contributed by atoms with E-state index in [0.717, 1.165) is 30.0 Å². The summed E-state index contributed by atoms with van der Waals surface area (Å²) < 4.78 is 5.47. The van der Waals surface area contributed by atoms with Gasteiger partial charge in [-0.25, -0.2) is 0 Å². The lowest BCUT2D eigenvalue weighted by Crippen LogP contribution is -2.31. The van der Waals surface area contributed by atoms with Gasteiger partial charge in [-0.05, 0) is 53.3 Å². The van der Waals surface area contributed by atoms with Crippen LogP contribution in [-0.4, -0.2) is 13.0 Å². The summed E-state index contributed by atoms with van der Waals surface area (Å²) in [6.45, 7) is 0. The Morgan fingerprint density at radius 3 is 2.56 bits per heavy atom. The van der Waals surface area contributed by atoms with E-state index in [2.05, 4.69) is 23.5 Å². The van der Waals surface area contributed by atoms with Gasteiger partial charge in [-0.3, -0.25) is 4.79 Å². The first-order chi connectivity index (χ1) is 12.3. The third-order valence-corrected chi connectivity index (χ3v) is 4.99. The second-order valence-corrected chi connectivity index (χ2v) is 6.52.